The molecular weight excluding hydrogens is 401 g/mol. The molecule has 0 saturated carbocycles. The summed E-state index contributed by atoms with van der Waals surface area (Å²) in [7, 11) is 0. The number of hydrogen-bond donors (Lipinski definition) is 0. The summed E-state index contributed by atoms with van der Waals surface area (Å²) in [6.45, 7) is 5.72. The van der Waals surface area contributed by atoms with E-state index in [0.29, 0.717) is 0 Å². The fourth-order valence-corrected chi connectivity index (χ4v) is 3.08. The molecule has 0 aliphatic rings. The molecule has 0 unspecified atom stereocenters. The molecule has 0 radical (unpaired) electrons. The molecule has 0 heterocycles. The first kappa shape index (κ1) is 14.5. The van der Waals surface area contributed by atoms with Crippen LogP contribution in [0.3, 0.4) is 0 Å². The highest BCUT2D eigenvalue weighted by molar-refractivity contribution is 14.1. The molecule has 0 amide bonds. The van der Waals surface area contributed by atoms with Crippen LogP contribution in [-0.4, -0.2) is 15.5 Å². The number of nitrogens with zero attached hydrogens (tertiary/aromatic N) is 1. The molecule has 0 spiro atoms. The maximum absolute atomic E-state index is 11.7. The van der Waals surface area contributed by atoms with Crippen molar-refractivity contribution in [2.24, 2.45) is 4.40 Å². The van der Waals surface area contributed by atoms with Crippen LogP contribution in [0.4, 0.5) is 0 Å². The Morgan fingerprint density at radius 2 is 2.00 bits per heavy atom. The van der Waals surface area contributed by atoms with Gasteiger partial charge in [-0.1, -0.05) is 20.3 Å². The van der Waals surface area contributed by atoms with Gasteiger partial charge in [-0.2, -0.15) is 0 Å². The predicted molar refractivity (Wildman–Crippen MR) is 82.3 cm³/mol. The van der Waals surface area contributed by atoms with E-state index in [2.05, 4.69) is 42.9 Å². The number of halogens is 2. The van der Waals surface area contributed by atoms with Gasteiger partial charge >= 0.3 is 0 Å². The fourth-order valence-electron chi connectivity index (χ4n) is 0.917. The second-order valence-corrected chi connectivity index (χ2v) is 8.39. The zero-order valence-electron chi connectivity index (χ0n) is 9.33. The van der Waals surface area contributed by atoms with Crippen LogP contribution in [0.5, 0.6) is 0 Å². The molecule has 0 N–H and O–H groups in total. The third-order valence-electron chi connectivity index (χ3n) is 1.71. The topological polar surface area (TPSA) is 35.4 Å². The summed E-state index contributed by atoms with van der Waals surface area (Å²) in [6, 6.07) is 5.96. The average Bonchev–Trinajstić information content (AvgIpc) is 2.11. The summed E-state index contributed by atoms with van der Waals surface area (Å²) in [4.78, 5) is 0. The molecule has 88 valence electrons. The van der Waals surface area contributed by atoms with Crippen LogP contribution in [0.25, 0.3) is 0 Å². The van der Waals surface area contributed by atoms with E-state index in [1.165, 1.54) is 0 Å². The first-order valence-corrected chi connectivity index (χ1v) is 7.69. The Morgan fingerprint density at radius 1 is 1.38 bits per heavy atom. The summed E-state index contributed by atoms with van der Waals surface area (Å²) in [6.07, 6.45) is 1.66. The normalized spacial score (nSPS) is 14.4. The van der Waals surface area contributed by atoms with Crippen molar-refractivity contribution in [1.29, 1.82) is 0 Å². The minimum atomic E-state index is -1.20. The lowest BCUT2D eigenvalue weighted by Crippen LogP contribution is -2.25. The predicted octanol–water partition coefficient (Wildman–Crippen LogP) is 3.93. The molecule has 1 rings (SSSR count). The Bertz CT molecular complexity index is 383. The molecule has 0 aromatic heterocycles. The van der Waals surface area contributed by atoms with Gasteiger partial charge in [-0.05, 0) is 67.1 Å². The van der Waals surface area contributed by atoms with Crippen molar-refractivity contribution in [2.45, 2.75) is 25.5 Å². The Morgan fingerprint density at radius 3 is 2.50 bits per heavy atom. The third-order valence-corrected chi connectivity index (χ3v) is 4.13. The van der Waals surface area contributed by atoms with Crippen LogP contribution < -0.4 is 0 Å². The molecule has 0 saturated heterocycles. The van der Waals surface area contributed by atoms with Crippen molar-refractivity contribution in [1.82, 2.24) is 0 Å². The molecule has 0 bridgehead atoms. The van der Waals surface area contributed by atoms with Crippen LogP contribution in [0, 0.1) is 3.57 Å². The second-order valence-electron chi connectivity index (χ2n) is 4.30. The summed E-state index contributed by atoms with van der Waals surface area (Å²) in [5.74, 6) is 0. The van der Waals surface area contributed by atoms with Crippen molar-refractivity contribution < 1.29 is 4.55 Å². The van der Waals surface area contributed by atoms with Gasteiger partial charge in [-0.25, -0.2) is 0 Å². The van der Waals surface area contributed by atoms with Gasteiger partial charge in [-0.15, -0.1) is 0 Å². The molecule has 16 heavy (non-hydrogen) atoms. The van der Waals surface area contributed by atoms with E-state index in [1.54, 1.807) is 6.21 Å². The molecule has 0 fully saturated rings. The minimum absolute atomic E-state index is 0.310. The third kappa shape index (κ3) is 4.73. The minimum Gasteiger partial charge on any atom is -0.591 e. The molecule has 2 nitrogen and oxygen atoms in total. The Kier molecular flexibility index (Phi) is 5.28. The van der Waals surface area contributed by atoms with Crippen LogP contribution in [0.1, 0.15) is 26.3 Å². The van der Waals surface area contributed by atoms with E-state index in [4.69, 9.17) is 0 Å². The van der Waals surface area contributed by atoms with Crippen molar-refractivity contribution >= 4 is 56.1 Å². The molecule has 1 aromatic carbocycles. The Labute approximate surface area is 122 Å². The highest BCUT2D eigenvalue weighted by Gasteiger charge is 2.25. The van der Waals surface area contributed by atoms with E-state index in [9.17, 15) is 4.55 Å². The van der Waals surface area contributed by atoms with Gasteiger partial charge in [0, 0.05) is 8.04 Å². The number of benzene rings is 1. The summed E-state index contributed by atoms with van der Waals surface area (Å²) >= 11 is 4.45. The summed E-state index contributed by atoms with van der Waals surface area (Å²) < 4.78 is 17.6. The van der Waals surface area contributed by atoms with Gasteiger partial charge in [0.1, 0.15) is 16.1 Å². The van der Waals surface area contributed by atoms with Gasteiger partial charge in [0.2, 0.25) is 0 Å². The lowest BCUT2D eigenvalue weighted by molar-refractivity contribution is 0.562. The van der Waals surface area contributed by atoms with Crippen LogP contribution in [0.15, 0.2) is 27.1 Å². The smallest absolute Gasteiger partial charge is 0.144 e. The zero-order valence-corrected chi connectivity index (χ0v) is 13.9. The van der Waals surface area contributed by atoms with Gasteiger partial charge in [0.25, 0.3) is 0 Å². The lowest BCUT2D eigenvalue weighted by Gasteiger charge is -2.17. The summed E-state index contributed by atoms with van der Waals surface area (Å²) in [5, 5.41) is 0. The number of rotatable bonds is 2. The quantitative estimate of drug-likeness (QED) is 0.411. The molecule has 1 atom stereocenters. The van der Waals surface area contributed by atoms with Crippen molar-refractivity contribution in [3.05, 3.63) is 31.8 Å². The zero-order chi connectivity index (χ0) is 12.3. The maximum atomic E-state index is 11.7. The van der Waals surface area contributed by atoms with E-state index in [0.717, 1.165) is 13.6 Å². The highest BCUT2D eigenvalue weighted by Crippen LogP contribution is 2.19. The van der Waals surface area contributed by atoms with Gasteiger partial charge in [0.15, 0.2) is 0 Å². The van der Waals surface area contributed by atoms with Crippen LogP contribution in [0.2, 0.25) is 0 Å². The van der Waals surface area contributed by atoms with E-state index < -0.39 is 11.4 Å². The maximum Gasteiger partial charge on any atom is 0.144 e. The van der Waals surface area contributed by atoms with E-state index >= 15 is 0 Å². The Hall–Kier alpha value is 0.410. The largest absolute Gasteiger partial charge is 0.591 e. The molecular formula is C11H13BrINOS. The first-order valence-electron chi connectivity index (χ1n) is 4.71. The van der Waals surface area contributed by atoms with Crippen LogP contribution >= 0.6 is 38.5 Å². The van der Waals surface area contributed by atoms with Crippen LogP contribution in [-0.2, 0) is 11.4 Å². The SMILES string of the molecule is CC(C)(C)[S@@+]([O-])/N=C/c1cc(Br)cc(I)c1. The van der Waals surface area contributed by atoms with Gasteiger partial charge < -0.3 is 4.55 Å². The molecule has 0 aliphatic heterocycles. The Balaban J connectivity index is 2.84. The monoisotopic (exact) mass is 413 g/mol. The standard InChI is InChI=1S/C11H13BrINOS/c1-11(2,3)16(15)14-7-8-4-9(12)6-10(13)5-8/h4-7H,1-3H3/b14-7+/t16-/m1/s1. The molecule has 0 aliphatic carbocycles. The number of hydrogen-bond acceptors (Lipinski definition) is 2. The van der Waals surface area contributed by atoms with Crippen molar-refractivity contribution in [3.8, 4) is 0 Å². The van der Waals surface area contributed by atoms with E-state index in [-0.39, 0.29) is 4.75 Å². The molecule has 5 heteroatoms. The van der Waals surface area contributed by atoms with Gasteiger partial charge in [-0.3, -0.25) is 0 Å². The fraction of sp³-hybridized carbons (Fsp3) is 0.364. The first-order chi connectivity index (χ1) is 7.29. The van der Waals surface area contributed by atoms with Crippen molar-refractivity contribution in [3.63, 3.8) is 0 Å². The summed E-state index contributed by atoms with van der Waals surface area (Å²) in [5.41, 5.74) is 0.955. The average molecular weight is 414 g/mol. The van der Waals surface area contributed by atoms with Gasteiger partial charge in [0.05, 0.1) is 6.21 Å². The van der Waals surface area contributed by atoms with E-state index in [1.807, 2.05) is 39.0 Å². The second kappa shape index (κ2) is 5.84. The van der Waals surface area contributed by atoms with Crippen molar-refractivity contribution in [2.75, 3.05) is 0 Å². The highest BCUT2D eigenvalue weighted by atomic mass is 127. The lowest BCUT2D eigenvalue weighted by atomic mass is 10.2. The molecule has 1 aromatic rings.